The summed E-state index contributed by atoms with van der Waals surface area (Å²) in [6.07, 6.45) is 0. The highest BCUT2D eigenvalue weighted by atomic mass is 16.3. The van der Waals surface area contributed by atoms with E-state index in [-0.39, 0.29) is 13.2 Å². The topological polar surface area (TPSA) is 45.4 Å². The minimum absolute atomic E-state index is 0.0557. The lowest BCUT2D eigenvalue weighted by molar-refractivity contribution is 0.0752. The fourth-order valence-electron chi connectivity index (χ4n) is 1.71. The second-order valence-corrected chi connectivity index (χ2v) is 3.76. The lowest BCUT2D eigenvalue weighted by Gasteiger charge is -2.30. The molecule has 13 heavy (non-hydrogen) atoms. The summed E-state index contributed by atoms with van der Waals surface area (Å²) in [5, 5.41) is 18.5. The predicted molar refractivity (Wildman–Crippen MR) is 51.7 cm³/mol. The van der Waals surface area contributed by atoms with Crippen molar-refractivity contribution in [2.24, 2.45) is 0 Å². The first-order valence-electron chi connectivity index (χ1n) is 4.42. The number of hydrogen-bond acceptors (Lipinski definition) is 2. The highest BCUT2D eigenvalue weighted by Gasteiger charge is 2.26. The van der Waals surface area contributed by atoms with Crippen LogP contribution >= 0.6 is 0 Å². The standard InChI is InChI=1S/C10H17NO2/c1-8-4-5-9(2)11(8)10(3,6-12)7-13/h4-5,12-13H,6-7H2,1-3H3. The monoisotopic (exact) mass is 183 g/mol. The second kappa shape index (κ2) is 3.52. The molecule has 0 saturated heterocycles. The summed E-state index contributed by atoms with van der Waals surface area (Å²) in [6, 6.07) is 3.97. The molecule has 3 heteroatoms. The van der Waals surface area contributed by atoms with Crippen molar-refractivity contribution >= 4 is 0 Å². The van der Waals surface area contributed by atoms with Gasteiger partial charge in [0.25, 0.3) is 0 Å². The average Bonchev–Trinajstić information content (AvgIpc) is 2.46. The Morgan fingerprint density at radius 1 is 1.15 bits per heavy atom. The highest BCUT2D eigenvalue weighted by molar-refractivity contribution is 5.17. The smallest absolute Gasteiger partial charge is 0.0876 e. The van der Waals surface area contributed by atoms with E-state index in [0.717, 1.165) is 11.4 Å². The summed E-state index contributed by atoms with van der Waals surface area (Å²) in [5.41, 5.74) is 1.53. The van der Waals surface area contributed by atoms with Crippen LogP contribution in [-0.4, -0.2) is 28.0 Å². The molecular weight excluding hydrogens is 166 g/mol. The molecule has 0 radical (unpaired) electrons. The Bertz CT molecular complexity index is 268. The molecule has 74 valence electrons. The molecule has 1 heterocycles. The van der Waals surface area contributed by atoms with Crippen LogP contribution in [0, 0.1) is 13.8 Å². The van der Waals surface area contributed by atoms with Gasteiger partial charge in [0.15, 0.2) is 0 Å². The van der Waals surface area contributed by atoms with E-state index in [4.69, 9.17) is 0 Å². The van der Waals surface area contributed by atoms with Gasteiger partial charge in [-0.2, -0.15) is 0 Å². The first-order chi connectivity index (χ1) is 6.05. The molecule has 1 aromatic rings. The van der Waals surface area contributed by atoms with Crippen molar-refractivity contribution < 1.29 is 10.2 Å². The number of aromatic nitrogens is 1. The minimum Gasteiger partial charge on any atom is -0.394 e. The van der Waals surface area contributed by atoms with Crippen LogP contribution in [0.25, 0.3) is 0 Å². The highest BCUT2D eigenvalue weighted by Crippen LogP contribution is 2.20. The quantitative estimate of drug-likeness (QED) is 0.728. The Morgan fingerprint density at radius 2 is 1.54 bits per heavy atom. The Labute approximate surface area is 78.6 Å². The molecule has 0 saturated carbocycles. The van der Waals surface area contributed by atoms with E-state index in [9.17, 15) is 10.2 Å². The van der Waals surface area contributed by atoms with Gasteiger partial charge >= 0.3 is 0 Å². The molecule has 0 fully saturated rings. The average molecular weight is 183 g/mol. The molecule has 1 aromatic heterocycles. The molecule has 0 aromatic carbocycles. The van der Waals surface area contributed by atoms with Crippen molar-refractivity contribution in [1.29, 1.82) is 0 Å². The Hall–Kier alpha value is -0.800. The van der Waals surface area contributed by atoms with E-state index in [1.54, 1.807) is 0 Å². The van der Waals surface area contributed by atoms with E-state index in [1.807, 2.05) is 37.5 Å². The fraction of sp³-hybridized carbons (Fsp3) is 0.600. The summed E-state index contributed by atoms with van der Waals surface area (Å²) in [7, 11) is 0. The lowest BCUT2D eigenvalue weighted by Crippen LogP contribution is -2.39. The molecule has 0 atom stereocenters. The number of aryl methyl sites for hydroxylation is 2. The molecule has 0 aliphatic carbocycles. The second-order valence-electron chi connectivity index (χ2n) is 3.76. The van der Waals surface area contributed by atoms with Crippen molar-refractivity contribution in [3.63, 3.8) is 0 Å². The van der Waals surface area contributed by atoms with Crippen LogP contribution in [-0.2, 0) is 5.54 Å². The van der Waals surface area contributed by atoms with Gasteiger partial charge in [-0.05, 0) is 32.9 Å². The van der Waals surface area contributed by atoms with Crippen molar-refractivity contribution in [3.8, 4) is 0 Å². The van der Waals surface area contributed by atoms with Gasteiger partial charge in [-0.15, -0.1) is 0 Å². The van der Waals surface area contributed by atoms with Gasteiger partial charge in [-0.1, -0.05) is 0 Å². The summed E-state index contributed by atoms with van der Waals surface area (Å²) in [4.78, 5) is 0. The molecule has 0 amide bonds. The first kappa shape index (κ1) is 10.3. The Morgan fingerprint density at radius 3 is 1.85 bits per heavy atom. The molecule has 0 unspecified atom stereocenters. The van der Waals surface area contributed by atoms with Gasteiger partial charge in [-0.25, -0.2) is 0 Å². The van der Waals surface area contributed by atoms with Crippen molar-refractivity contribution in [2.45, 2.75) is 26.3 Å². The van der Waals surface area contributed by atoms with Crippen LogP contribution in [0.1, 0.15) is 18.3 Å². The summed E-state index contributed by atoms with van der Waals surface area (Å²) in [5.74, 6) is 0. The van der Waals surface area contributed by atoms with Crippen molar-refractivity contribution in [3.05, 3.63) is 23.5 Å². The zero-order valence-electron chi connectivity index (χ0n) is 8.41. The van der Waals surface area contributed by atoms with Gasteiger partial charge in [-0.3, -0.25) is 0 Å². The summed E-state index contributed by atoms with van der Waals surface area (Å²) in [6.45, 7) is 5.67. The molecule has 1 rings (SSSR count). The van der Waals surface area contributed by atoms with E-state index < -0.39 is 5.54 Å². The first-order valence-corrected chi connectivity index (χ1v) is 4.42. The maximum atomic E-state index is 9.23. The minimum atomic E-state index is -0.586. The largest absolute Gasteiger partial charge is 0.394 e. The number of rotatable bonds is 3. The number of hydrogen-bond donors (Lipinski definition) is 2. The summed E-state index contributed by atoms with van der Waals surface area (Å²) >= 11 is 0. The number of aliphatic hydroxyl groups is 2. The summed E-state index contributed by atoms with van der Waals surface area (Å²) < 4.78 is 1.97. The van der Waals surface area contributed by atoms with Gasteiger partial charge in [0, 0.05) is 11.4 Å². The normalized spacial score (nSPS) is 12.1. The van der Waals surface area contributed by atoms with Gasteiger partial charge < -0.3 is 14.8 Å². The van der Waals surface area contributed by atoms with E-state index in [0.29, 0.717) is 0 Å². The maximum Gasteiger partial charge on any atom is 0.0876 e. The molecule has 0 aliphatic rings. The van der Waals surface area contributed by atoms with Crippen LogP contribution in [0.4, 0.5) is 0 Å². The third-order valence-electron chi connectivity index (χ3n) is 2.49. The third-order valence-corrected chi connectivity index (χ3v) is 2.49. The SMILES string of the molecule is Cc1ccc(C)n1C(C)(CO)CO. The zero-order chi connectivity index (χ0) is 10.1. The number of aliphatic hydroxyl groups excluding tert-OH is 2. The van der Waals surface area contributed by atoms with E-state index in [2.05, 4.69) is 0 Å². The molecule has 0 bridgehead atoms. The van der Waals surface area contributed by atoms with Gasteiger partial charge in [0.05, 0.1) is 18.8 Å². The van der Waals surface area contributed by atoms with Gasteiger partial charge in [0.2, 0.25) is 0 Å². The Kier molecular flexibility index (Phi) is 2.78. The van der Waals surface area contributed by atoms with Gasteiger partial charge in [0.1, 0.15) is 0 Å². The maximum absolute atomic E-state index is 9.23. The van der Waals surface area contributed by atoms with Crippen LogP contribution in [0.2, 0.25) is 0 Å². The Balaban J connectivity index is 3.18. The van der Waals surface area contributed by atoms with Crippen molar-refractivity contribution in [2.75, 3.05) is 13.2 Å². The van der Waals surface area contributed by atoms with E-state index in [1.165, 1.54) is 0 Å². The molecule has 0 aliphatic heterocycles. The van der Waals surface area contributed by atoms with Crippen molar-refractivity contribution in [1.82, 2.24) is 4.57 Å². The van der Waals surface area contributed by atoms with Crippen LogP contribution < -0.4 is 0 Å². The molecule has 0 spiro atoms. The predicted octanol–water partition coefficient (Wildman–Crippen LogP) is 0.805. The van der Waals surface area contributed by atoms with E-state index >= 15 is 0 Å². The number of nitrogens with zero attached hydrogens (tertiary/aromatic N) is 1. The lowest BCUT2D eigenvalue weighted by atomic mass is 10.0. The molecule has 2 N–H and O–H groups in total. The van der Waals surface area contributed by atoms with Crippen LogP contribution in [0.3, 0.4) is 0 Å². The zero-order valence-corrected chi connectivity index (χ0v) is 8.41. The fourth-order valence-corrected chi connectivity index (χ4v) is 1.71. The van der Waals surface area contributed by atoms with Crippen LogP contribution in [0.5, 0.6) is 0 Å². The molecule has 3 nitrogen and oxygen atoms in total. The third kappa shape index (κ3) is 1.62. The van der Waals surface area contributed by atoms with Crippen LogP contribution in [0.15, 0.2) is 12.1 Å². The molecular formula is C10H17NO2.